The van der Waals surface area contributed by atoms with E-state index >= 15 is 0 Å². The molecule has 46 heavy (non-hydrogen) atoms. The highest BCUT2D eigenvalue weighted by molar-refractivity contribution is 6.07. The highest BCUT2D eigenvalue weighted by Gasteiger charge is 2.38. The van der Waals surface area contributed by atoms with Gasteiger partial charge in [-0.1, -0.05) is 29.8 Å². The van der Waals surface area contributed by atoms with Crippen LogP contribution in [0.3, 0.4) is 0 Å². The number of amides is 2. The highest BCUT2D eigenvalue weighted by Crippen LogP contribution is 2.43. The van der Waals surface area contributed by atoms with Crippen LogP contribution in [-0.2, 0) is 9.59 Å². The van der Waals surface area contributed by atoms with E-state index in [1.54, 1.807) is 46.2 Å². The number of fused-ring (bicyclic) bond motifs is 1. The maximum atomic E-state index is 14.0. The van der Waals surface area contributed by atoms with E-state index in [9.17, 15) is 29.8 Å². The SMILES string of the molecule is Cc1ccc(N(C(=O)/C=C/c2ccc([N+](=O)[O-])cc2)[C@H]2C[C@H](C)N(C(=O)/C=C/c3ccc([N+](=O)[O-])cc3)c3cc(C)ccc32)cc1. The van der Waals surface area contributed by atoms with Crippen molar-refractivity contribution in [1.29, 1.82) is 0 Å². The molecule has 4 aromatic carbocycles. The number of non-ortho nitro benzene ring substituents is 2. The fraction of sp³-hybridized carbons (Fsp3) is 0.167. The molecule has 0 radical (unpaired) electrons. The molecule has 5 rings (SSSR count). The number of carbonyl (C=O) groups is 2. The first kappa shape index (κ1) is 31.5. The van der Waals surface area contributed by atoms with Crippen molar-refractivity contribution < 1.29 is 19.4 Å². The lowest BCUT2D eigenvalue weighted by Gasteiger charge is -2.43. The van der Waals surface area contributed by atoms with E-state index < -0.39 is 15.9 Å². The molecule has 232 valence electrons. The maximum absolute atomic E-state index is 14.0. The van der Waals surface area contributed by atoms with Crippen molar-refractivity contribution in [1.82, 2.24) is 0 Å². The first-order valence-electron chi connectivity index (χ1n) is 14.7. The Morgan fingerprint density at radius 2 is 1.28 bits per heavy atom. The second-order valence-corrected chi connectivity index (χ2v) is 11.3. The zero-order valence-electron chi connectivity index (χ0n) is 25.6. The molecule has 0 unspecified atom stereocenters. The van der Waals surface area contributed by atoms with Crippen LogP contribution in [0.1, 0.15) is 47.2 Å². The van der Waals surface area contributed by atoms with Gasteiger partial charge >= 0.3 is 0 Å². The van der Waals surface area contributed by atoms with E-state index in [1.807, 2.05) is 63.2 Å². The van der Waals surface area contributed by atoms with Gasteiger partial charge in [0.15, 0.2) is 0 Å². The minimum Gasteiger partial charge on any atom is -0.306 e. The molecule has 0 bridgehead atoms. The summed E-state index contributed by atoms with van der Waals surface area (Å²) < 4.78 is 0. The van der Waals surface area contributed by atoms with E-state index in [2.05, 4.69) is 0 Å². The van der Waals surface area contributed by atoms with Gasteiger partial charge in [-0.05, 0) is 104 Å². The number of anilines is 2. The van der Waals surface area contributed by atoms with Crippen LogP contribution in [0.2, 0.25) is 0 Å². The molecule has 1 aliphatic heterocycles. The maximum Gasteiger partial charge on any atom is 0.269 e. The molecule has 0 aromatic heterocycles. The number of nitrogens with zero attached hydrogens (tertiary/aromatic N) is 4. The normalized spacial score (nSPS) is 15.9. The molecule has 10 heteroatoms. The van der Waals surface area contributed by atoms with Crippen LogP contribution in [0.15, 0.2) is 103 Å². The van der Waals surface area contributed by atoms with Crippen LogP contribution in [0.4, 0.5) is 22.7 Å². The third-order valence-corrected chi connectivity index (χ3v) is 7.95. The van der Waals surface area contributed by atoms with E-state index in [-0.39, 0.29) is 29.2 Å². The van der Waals surface area contributed by atoms with Crippen molar-refractivity contribution in [3.63, 3.8) is 0 Å². The Hall–Kier alpha value is -5.90. The molecule has 1 aliphatic rings. The molecule has 2 atom stereocenters. The molecular weight excluding hydrogens is 584 g/mol. The van der Waals surface area contributed by atoms with Gasteiger partial charge < -0.3 is 9.80 Å². The summed E-state index contributed by atoms with van der Waals surface area (Å²) in [5, 5.41) is 22.0. The van der Waals surface area contributed by atoms with Crippen LogP contribution < -0.4 is 9.80 Å². The molecular formula is C36H32N4O6. The lowest BCUT2D eigenvalue weighted by atomic mass is 9.88. The van der Waals surface area contributed by atoms with Gasteiger partial charge in [-0.3, -0.25) is 29.8 Å². The first-order chi connectivity index (χ1) is 22.0. The summed E-state index contributed by atoms with van der Waals surface area (Å²) in [6.07, 6.45) is 6.64. The van der Waals surface area contributed by atoms with E-state index in [4.69, 9.17) is 0 Å². The van der Waals surface area contributed by atoms with Gasteiger partial charge in [0, 0.05) is 53.8 Å². The molecule has 0 saturated carbocycles. The Balaban J connectivity index is 1.49. The number of benzene rings is 4. The lowest BCUT2D eigenvalue weighted by molar-refractivity contribution is -0.385. The number of hydrogen-bond acceptors (Lipinski definition) is 6. The minimum atomic E-state index is -0.472. The monoisotopic (exact) mass is 616 g/mol. The standard InChI is InChI=1S/C36H32N4O6/c1-24-4-13-29(14-5-24)38(36(42)21-12-28-9-17-31(18-10-28)40(45)46)34-23-26(3)37(33-22-25(2)6-19-32(33)34)35(41)20-11-27-7-15-30(16-8-27)39(43)44/h4-22,26,34H,23H2,1-3H3/b20-11+,21-12+/t26-,34-/m0/s1. The van der Waals surface area contributed by atoms with Crippen molar-refractivity contribution in [3.8, 4) is 0 Å². The topological polar surface area (TPSA) is 127 Å². The summed E-state index contributed by atoms with van der Waals surface area (Å²) >= 11 is 0. The molecule has 0 fully saturated rings. The van der Waals surface area contributed by atoms with E-state index in [0.29, 0.717) is 28.9 Å². The highest BCUT2D eigenvalue weighted by atomic mass is 16.6. The predicted molar refractivity (Wildman–Crippen MR) is 178 cm³/mol. The Labute approximate surface area is 266 Å². The van der Waals surface area contributed by atoms with Crippen molar-refractivity contribution in [2.45, 2.75) is 39.3 Å². The second kappa shape index (κ2) is 13.4. The van der Waals surface area contributed by atoms with Gasteiger partial charge in [-0.25, -0.2) is 0 Å². The van der Waals surface area contributed by atoms with Crippen molar-refractivity contribution >= 4 is 46.7 Å². The Kier molecular flexibility index (Phi) is 9.18. The van der Waals surface area contributed by atoms with Gasteiger partial charge in [-0.15, -0.1) is 0 Å². The Morgan fingerprint density at radius 1 is 0.761 bits per heavy atom. The van der Waals surface area contributed by atoms with Gasteiger partial charge in [0.2, 0.25) is 0 Å². The van der Waals surface area contributed by atoms with Crippen molar-refractivity contribution in [3.05, 3.63) is 151 Å². The molecule has 10 nitrogen and oxygen atoms in total. The van der Waals surface area contributed by atoms with Crippen molar-refractivity contribution in [2.75, 3.05) is 9.80 Å². The zero-order valence-corrected chi connectivity index (χ0v) is 25.6. The van der Waals surface area contributed by atoms with Gasteiger partial charge in [0.05, 0.1) is 15.9 Å². The fourth-order valence-corrected chi connectivity index (χ4v) is 5.59. The first-order valence-corrected chi connectivity index (χ1v) is 14.7. The van der Waals surface area contributed by atoms with Crippen molar-refractivity contribution in [2.24, 2.45) is 0 Å². The summed E-state index contributed by atoms with van der Waals surface area (Å²) in [6, 6.07) is 24.8. The lowest BCUT2D eigenvalue weighted by Crippen LogP contribution is -2.47. The molecule has 1 heterocycles. The second-order valence-electron chi connectivity index (χ2n) is 11.3. The summed E-state index contributed by atoms with van der Waals surface area (Å²) in [5.41, 5.74) is 5.45. The molecule has 0 aliphatic carbocycles. The fourth-order valence-electron chi connectivity index (χ4n) is 5.59. The minimum absolute atomic E-state index is 0.0289. The third-order valence-electron chi connectivity index (χ3n) is 7.95. The third kappa shape index (κ3) is 6.91. The number of rotatable bonds is 8. The van der Waals surface area contributed by atoms with Crippen LogP contribution in [-0.4, -0.2) is 27.7 Å². The molecule has 0 saturated heterocycles. The average Bonchev–Trinajstić information content (AvgIpc) is 3.04. The number of nitro groups is 2. The van der Waals surface area contributed by atoms with Crippen LogP contribution >= 0.6 is 0 Å². The van der Waals surface area contributed by atoms with Crippen LogP contribution in [0, 0.1) is 34.1 Å². The zero-order chi connectivity index (χ0) is 33.0. The average molecular weight is 617 g/mol. The molecule has 0 spiro atoms. The number of hydrogen-bond donors (Lipinski definition) is 0. The van der Waals surface area contributed by atoms with Gasteiger partial charge in [-0.2, -0.15) is 0 Å². The number of nitro benzene ring substituents is 2. The summed E-state index contributed by atoms with van der Waals surface area (Å²) in [7, 11) is 0. The molecule has 0 N–H and O–H groups in total. The Morgan fingerprint density at radius 3 is 1.83 bits per heavy atom. The van der Waals surface area contributed by atoms with E-state index in [1.165, 1.54) is 36.4 Å². The molecule has 4 aromatic rings. The summed E-state index contributed by atoms with van der Waals surface area (Å²) in [5.74, 6) is -0.522. The van der Waals surface area contributed by atoms with Crippen LogP contribution in [0.25, 0.3) is 12.2 Å². The smallest absolute Gasteiger partial charge is 0.269 e. The number of aryl methyl sites for hydroxylation is 2. The Bertz CT molecular complexity index is 1850. The van der Waals surface area contributed by atoms with Gasteiger partial charge in [0.1, 0.15) is 0 Å². The summed E-state index contributed by atoms with van der Waals surface area (Å²) in [6.45, 7) is 5.86. The van der Waals surface area contributed by atoms with Gasteiger partial charge in [0.25, 0.3) is 23.2 Å². The quantitative estimate of drug-likeness (QED) is 0.113. The molecule has 2 amide bonds. The summed E-state index contributed by atoms with van der Waals surface area (Å²) in [4.78, 5) is 52.2. The number of carbonyl (C=O) groups excluding carboxylic acids is 2. The van der Waals surface area contributed by atoms with E-state index in [0.717, 1.165) is 16.7 Å². The largest absolute Gasteiger partial charge is 0.306 e. The predicted octanol–water partition coefficient (Wildman–Crippen LogP) is 7.75. The van der Waals surface area contributed by atoms with Crippen LogP contribution in [0.5, 0.6) is 0 Å².